The van der Waals surface area contributed by atoms with Gasteiger partial charge in [-0.3, -0.25) is 14.4 Å². The van der Waals surface area contributed by atoms with Gasteiger partial charge < -0.3 is 15.1 Å². The summed E-state index contributed by atoms with van der Waals surface area (Å²) in [6.07, 6.45) is 2.00. The molecule has 2 fully saturated rings. The second kappa shape index (κ2) is 6.86. The van der Waals surface area contributed by atoms with Gasteiger partial charge in [0.1, 0.15) is 5.41 Å². The quantitative estimate of drug-likeness (QED) is 0.655. The van der Waals surface area contributed by atoms with Crippen LogP contribution in [-0.2, 0) is 14.4 Å². The normalized spacial score (nSPS) is 18.8. The molecule has 1 saturated carbocycles. The summed E-state index contributed by atoms with van der Waals surface area (Å²) in [7, 11) is 0. The summed E-state index contributed by atoms with van der Waals surface area (Å²) in [5, 5.41) is 2.98. The highest BCUT2D eigenvalue weighted by atomic mass is 16.2. The second-order valence-corrected chi connectivity index (χ2v) is 7.21. The minimum Gasteiger partial charge on any atom is -0.342 e. The third kappa shape index (κ3) is 3.38. The Hall–Kier alpha value is -2.37. The molecule has 25 heavy (non-hydrogen) atoms. The summed E-state index contributed by atoms with van der Waals surface area (Å²) in [6.45, 7) is 6.21. The highest BCUT2D eigenvalue weighted by Gasteiger charge is 2.58. The first kappa shape index (κ1) is 17.5. The van der Waals surface area contributed by atoms with E-state index >= 15 is 0 Å². The molecule has 0 aromatic heterocycles. The van der Waals surface area contributed by atoms with Crippen LogP contribution in [0.5, 0.6) is 0 Å². The Kier molecular flexibility index (Phi) is 4.79. The predicted octanol–water partition coefficient (Wildman–Crippen LogP) is 1.83. The molecule has 2 aliphatic rings. The van der Waals surface area contributed by atoms with Crippen LogP contribution >= 0.6 is 0 Å². The van der Waals surface area contributed by atoms with Gasteiger partial charge in [0.25, 0.3) is 0 Å². The number of carbonyl (C=O) groups is 3. The van der Waals surface area contributed by atoms with E-state index in [9.17, 15) is 14.4 Å². The Bertz CT molecular complexity index is 674. The fraction of sp³-hybridized carbons (Fsp3) is 0.526. The predicted molar refractivity (Wildman–Crippen MR) is 95.0 cm³/mol. The van der Waals surface area contributed by atoms with Gasteiger partial charge in [-0.05, 0) is 30.4 Å². The first-order chi connectivity index (χ1) is 12.0. The summed E-state index contributed by atoms with van der Waals surface area (Å²) in [4.78, 5) is 39.9. The van der Waals surface area contributed by atoms with Crippen LogP contribution in [0.4, 0.5) is 5.69 Å². The fourth-order valence-corrected chi connectivity index (χ4v) is 3.35. The number of rotatable bonds is 5. The SMILES string of the molecule is CC(C)c1ccccc1NC(=O)C1(C(=O)N2CCN(C=O)CC2)CC1. The Morgan fingerprint density at radius 3 is 2.32 bits per heavy atom. The van der Waals surface area contributed by atoms with Crippen molar-refractivity contribution in [1.82, 2.24) is 9.80 Å². The smallest absolute Gasteiger partial charge is 0.240 e. The molecule has 0 unspecified atom stereocenters. The number of carbonyl (C=O) groups excluding carboxylic acids is 3. The van der Waals surface area contributed by atoms with Gasteiger partial charge in [0.05, 0.1) is 0 Å². The van der Waals surface area contributed by atoms with Gasteiger partial charge in [-0.2, -0.15) is 0 Å². The van der Waals surface area contributed by atoms with Crippen molar-refractivity contribution < 1.29 is 14.4 Å². The number of amides is 3. The Labute approximate surface area is 148 Å². The number of benzene rings is 1. The molecule has 1 aromatic carbocycles. The van der Waals surface area contributed by atoms with Crippen LogP contribution in [0, 0.1) is 5.41 Å². The largest absolute Gasteiger partial charge is 0.342 e. The molecule has 0 bridgehead atoms. The Morgan fingerprint density at radius 2 is 1.76 bits per heavy atom. The average molecular weight is 343 g/mol. The molecular formula is C19H25N3O3. The van der Waals surface area contributed by atoms with Gasteiger partial charge in [0.2, 0.25) is 18.2 Å². The maximum Gasteiger partial charge on any atom is 0.240 e. The zero-order valence-electron chi connectivity index (χ0n) is 14.8. The Morgan fingerprint density at radius 1 is 1.12 bits per heavy atom. The van der Waals surface area contributed by atoms with Crippen LogP contribution in [-0.4, -0.2) is 54.2 Å². The van der Waals surface area contributed by atoms with Crippen LogP contribution in [0.1, 0.15) is 38.2 Å². The molecule has 1 aromatic rings. The third-order valence-corrected chi connectivity index (χ3v) is 5.18. The molecule has 3 amide bonds. The highest BCUT2D eigenvalue weighted by Crippen LogP contribution is 2.48. The van der Waals surface area contributed by atoms with Gasteiger partial charge in [-0.15, -0.1) is 0 Å². The summed E-state index contributed by atoms with van der Waals surface area (Å²) in [6, 6.07) is 7.73. The van der Waals surface area contributed by atoms with Gasteiger partial charge in [-0.25, -0.2) is 0 Å². The van der Waals surface area contributed by atoms with Crippen molar-refractivity contribution in [3.8, 4) is 0 Å². The van der Waals surface area contributed by atoms with Gasteiger partial charge in [0, 0.05) is 31.9 Å². The van der Waals surface area contributed by atoms with Crippen molar-refractivity contribution in [2.45, 2.75) is 32.6 Å². The number of nitrogens with one attached hydrogen (secondary N) is 1. The topological polar surface area (TPSA) is 69.7 Å². The molecule has 0 spiro atoms. The van der Waals surface area contributed by atoms with E-state index in [1.807, 2.05) is 24.3 Å². The van der Waals surface area contributed by atoms with E-state index in [-0.39, 0.29) is 11.8 Å². The molecule has 1 aliphatic heterocycles. The van der Waals surface area contributed by atoms with E-state index in [1.165, 1.54) is 0 Å². The van der Waals surface area contributed by atoms with E-state index in [0.29, 0.717) is 44.9 Å². The van der Waals surface area contributed by atoms with Crippen LogP contribution in [0.3, 0.4) is 0 Å². The van der Waals surface area contributed by atoms with Crippen LogP contribution < -0.4 is 5.32 Å². The lowest BCUT2D eigenvalue weighted by Crippen LogP contribution is -2.52. The zero-order chi connectivity index (χ0) is 18.0. The Balaban J connectivity index is 1.70. The molecular weight excluding hydrogens is 318 g/mol. The number of piperazine rings is 1. The summed E-state index contributed by atoms with van der Waals surface area (Å²) in [5.74, 6) is -0.0141. The molecule has 1 N–H and O–H groups in total. The van der Waals surface area contributed by atoms with Crippen molar-refractivity contribution >= 4 is 23.9 Å². The van der Waals surface area contributed by atoms with Crippen molar-refractivity contribution in [2.75, 3.05) is 31.5 Å². The summed E-state index contributed by atoms with van der Waals surface area (Å²) < 4.78 is 0. The molecule has 0 radical (unpaired) electrons. The second-order valence-electron chi connectivity index (χ2n) is 7.21. The van der Waals surface area contributed by atoms with Crippen LogP contribution in [0.15, 0.2) is 24.3 Å². The van der Waals surface area contributed by atoms with Crippen molar-refractivity contribution in [1.29, 1.82) is 0 Å². The molecule has 6 nitrogen and oxygen atoms in total. The van der Waals surface area contributed by atoms with E-state index in [0.717, 1.165) is 17.7 Å². The zero-order valence-corrected chi connectivity index (χ0v) is 14.8. The lowest BCUT2D eigenvalue weighted by atomic mass is 9.99. The number of hydrogen-bond donors (Lipinski definition) is 1. The summed E-state index contributed by atoms with van der Waals surface area (Å²) >= 11 is 0. The van der Waals surface area contributed by atoms with E-state index < -0.39 is 5.41 Å². The first-order valence-electron chi connectivity index (χ1n) is 8.87. The van der Waals surface area contributed by atoms with Gasteiger partial charge >= 0.3 is 0 Å². The molecule has 134 valence electrons. The van der Waals surface area contributed by atoms with E-state index in [1.54, 1.807) is 9.80 Å². The molecule has 3 rings (SSSR count). The van der Waals surface area contributed by atoms with E-state index in [4.69, 9.17) is 0 Å². The minimum absolute atomic E-state index is 0.0995. The number of para-hydroxylation sites is 1. The van der Waals surface area contributed by atoms with Crippen molar-refractivity contribution in [3.05, 3.63) is 29.8 Å². The molecule has 1 saturated heterocycles. The van der Waals surface area contributed by atoms with E-state index in [2.05, 4.69) is 19.2 Å². The molecule has 1 aliphatic carbocycles. The number of nitrogens with zero attached hydrogens (tertiary/aromatic N) is 2. The highest BCUT2D eigenvalue weighted by molar-refractivity contribution is 6.13. The molecule has 1 heterocycles. The van der Waals surface area contributed by atoms with Gasteiger partial charge in [0.15, 0.2) is 0 Å². The van der Waals surface area contributed by atoms with Crippen molar-refractivity contribution in [2.24, 2.45) is 5.41 Å². The maximum absolute atomic E-state index is 12.9. The maximum atomic E-state index is 12.9. The minimum atomic E-state index is -0.923. The van der Waals surface area contributed by atoms with Crippen LogP contribution in [0.25, 0.3) is 0 Å². The monoisotopic (exact) mass is 343 g/mol. The lowest BCUT2D eigenvalue weighted by molar-refractivity contribution is -0.144. The van der Waals surface area contributed by atoms with Crippen LogP contribution in [0.2, 0.25) is 0 Å². The fourth-order valence-electron chi connectivity index (χ4n) is 3.35. The molecule has 0 atom stereocenters. The average Bonchev–Trinajstić information content (AvgIpc) is 3.43. The van der Waals surface area contributed by atoms with Gasteiger partial charge in [-0.1, -0.05) is 32.0 Å². The number of anilines is 1. The summed E-state index contributed by atoms with van der Waals surface area (Å²) in [5.41, 5.74) is 0.930. The molecule has 6 heteroatoms. The standard InChI is InChI=1S/C19H25N3O3/c1-14(2)15-5-3-4-6-16(15)20-17(24)19(7-8-19)18(25)22-11-9-21(13-23)10-12-22/h3-6,13-14H,7-12H2,1-2H3,(H,20,24). The number of hydrogen-bond acceptors (Lipinski definition) is 3. The third-order valence-electron chi connectivity index (χ3n) is 5.18. The lowest BCUT2D eigenvalue weighted by Gasteiger charge is -2.34. The first-order valence-corrected chi connectivity index (χ1v) is 8.87. The van der Waals surface area contributed by atoms with Crippen molar-refractivity contribution in [3.63, 3.8) is 0 Å².